The minimum absolute atomic E-state index is 0.231. The summed E-state index contributed by atoms with van der Waals surface area (Å²) in [6.45, 7) is 12.0. The van der Waals surface area contributed by atoms with Crippen molar-refractivity contribution < 1.29 is 4.79 Å². The van der Waals surface area contributed by atoms with Gasteiger partial charge < -0.3 is 0 Å². The molecule has 0 aliphatic carbocycles. The van der Waals surface area contributed by atoms with Crippen LogP contribution >= 0.6 is 0 Å². The first-order valence-electron chi connectivity index (χ1n) is 6.80. The number of carbonyl (C=O) groups excluding carboxylic acids is 1. The highest BCUT2D eigenvalue weighted by molar-refractivity contribution is 5.99. The van der Waals surface area contributed by atoms with Crippen LogP contribution in [0.5, 0.6) is 0 Å². The zero-order valence-electron chi connectivity index (χ0n) is 12.3. The lowest BCUT2D eigenvalue weighted by Gasteiger charge is -2.25. The fraction of sp³-hybridized carbons (Fsp3) is 0.562. The standard InChI is InChI=1S/C16H25NO/c1-6-9-17(12(2)3)11-16(18)15-8-7-13(4)10-14(15)5/h7-8,10,12H,6,9,11H2,1-5H3. The van der Waals surface area contributed by atoms with Gasteiger partial charge in [0, 0.05) is 11.6 Å². The van der Waals surface area contributed by atoms with Gasteiger partial charge in [0.05, 0.1) is 6.54 Å². The van der Waals surface area contributed by atoms with Crippen LogP contribution in [0.25, 0.3) is 0 Å². The maximum absolute atomic E-state index is 12.3. The molecular formula is C16H25NO. The SMILES string of the molecule is CCCN(CC(=O)c1ccc(C)cc1C)C(C)C. The topological polar surface area (TPSA) is 20.3 Å². The highest BCUT2D eigenvalue weighted by Crippen LogP contribution is 2.12. The van der Waals surface area contributed by atoms with Crippen LogP contribution in [-0.2, 0) is 0 Å². The minimum atomic E-state index is 0.231. The second kappa shape index (κ2) is 6.69. The van der Waals surface area contributed by atoms with E-state index in [0.717, 1.165) is 24.1 Å². The second-order valence-electron chi connectivity index (χ2n) is 5.31. The van der Waals surface area contributed by atoms with Gasteiger partial charge in [-0.05, 0) is 46.2 Å². The van der Waals surface area contributed by atoms with E-state index in [1.165, 1.54) is 5.56 Å². The zero-order chi connectivity index (χ0) is 13.7. The molecule has 0 saturated carbocycles. The second-order valence-corrected chi connectivity index (χ2v) is 5.31. The molecule has 0 aliphatic heterocycles. The van der Waals surface area contributed by atoms with Crippen LogP contribution in [0, 0.1) is 13.8 Å². The van der Waals surface area contributed by atoms with E-state index in [4.69, 9.17) is 0 Å². The smallest absolute Gasteiger partial charge is 0.177 e. The van der Waals surface area contributed by atoms with Crippen LogP contribution in [0.1, 0.15) is 48.7 Å². The van der Waals surface area contributed by atoms with E-state index in [1.807, 2.05) is 19.1 Å². The van der Waals surface area contributed by atoms with Gasteiger partial charge in [0.2, 0.25) is 0 Å². The summed E-state index contributed by atoms with van der Waals surface area (Å²) in [5.41, 5.74) is 3.15. The maximum atomic E-state index is 12.3. The van der Waals surface area contributed by atoms with E-state index in [-0.39, 0.29) is 5.78 Å². The third-order valence-corrected chi connectivity index (χ3v) is 3.27. The van der Waals surface area contributed by atoms with Crippen molar-refractivity contribution in [2.75, 3.05) is 13.1 Å². The van der Waals surface area contributed by atoms with E-state index in [9.17, 15) is 4.79 Å². The molecule has 0 radical (unpaired) electrons. The molecule has 0 saturated heterocycles. The Morgan fingerprint density at radius 2 is 1.94 bits per heavy atom. The summed E-state index contributed by atoms with van der Waals surface area (Å²) in [5, 5.41) is 0. The summed E-state index contributed by atoms with van der Waals surface area (Å²) < 4.78 is 0. The Balaban J connectivity index is 2.80. The Hall–Kier alpha value is -1.15. The van der Waals surface area contributed by atoms with E-state index in [1.54, 1.807) is 0 Å². The van der Waals surface area contributed by atoms with Crippen molar-refractivity contribution in [3.05, 3.63) is 34.9 Å². The average molecular weight is 247 g/mol. The molecule has 0 bridgehead atoms. The van der Waals surface area contributed by atoms with Gasteiger partial charge in [-0.25, -0.2) is 0 Å². The summed E-state index contributed by atoms with van der Waals surface area (Å²) in [5.74, 6) is 0.231. The summed E-state index contributed by atoms with van der Waals surface area (Å²) in [6, 6.07) is 6.46. The first kappa shape index (κ1) is 14.9. The molecule has 0 atom stereocenters. The van der Waals surface area contributed by atoms with Gasteiger partial charge in [-0.2, -0.15) is 0 Å². The molecule has 0 aliphatic rings. The highest BCUT2D eigenvalue weighted by atomic mass is 16.1. The van der Waals surface area contributed by atoms with Gasteiger partial charge in [0.15, 0.2) is 5.78 Å². The Kier molecular flexibility index (Phi) is 5.54. The van der Waals surface area contributed by atoms with Gasteiger partial charge in [-0.1, -0.05) is 30.7 Å². The predicted molar refractivity (Wildman–Crippen MR) is 77.2 cm³/mol. The quantitative estimate of drug-likeness (QED) is 0.716. The molecule has 1 aromatic carbocycles. The van der Waals surface area contributed by atoms with Crippen LogP contribution in [0.3, 0.4) is 0 Å². The average Bonchev–Trinajstić information content (AvgIpc) is 2.27. The van der Waals surface area contributed by atoms with Crippen LogP contribution in [0.4, 0.5) is 0 Å². The van der Waals surface area contributed by atoms with Crippen molar-refractivity contribution in [1.82, 2.24) is 4.90 Å². The predicted octanol–water partition coefficient (Wildman–Crippen LogP) is 3.61. The van der Waals surface area contributed by atoms with Gasteiger partial charge in [0.1, 0.15) is 0 Å². The first-order valence-corrected chi connectivity index (χ1v) is 6.80. The molecule has 2 heteroatoms. The van der Waals surface area contributed by atoms with Crippen molar-refractivity contribution in [1.29, 1.82) is 0 Å². The lowest BCUT2D eigenvalue weighted by molar-refractivity contribution is 0.0905. The monoisotopic (exact) mass is 247 g/mol. The number of aryl methyl sites for hydroxylation is 2. The van der Waals surface area contributed by atoms with Crippen molar-refractivity contribution in [2.45, 2.75) is 47.1 Å². The Bertz CT molecular complexity index is 410. The molecule has 1 rings (SSSR count). The first-order chi connectivity index (χ1) is 8.45. The molecule has 100 valence electrons. The van der Waals surface area contributed by atoms with Gasteiger partial charge in [-0.3, -0.25) is 9.69 Å². The summed E-state index contributed by atoms with van der Waals surface area (Å²) in [6.07, 6.45) is 1.08. The van der Waals surface area contributed by atoms with Gasteiger partial charge in [0.25, 0.3) is 0 Å². The van der Waals surface area contributed by atoms with Crippen molar-refractivity contribution >= 4 is 5.78 Å². The number of nitrogens with zero attached hydrogens (tertiary/aromatic N) is 1. The van der Waals surface area contributed by atoms with Crippen LogP contribution < -0.4 is 0 Å². The third kappa shape index (κ3) is 3.95. The molecule has 0 unspecified atom stereocenters. The normalized spacial score (nSPS) is 11.3. The number of Topliss-reactive ketones (excluding diaryl/α,β-unsaturated/α-hetero) is 1. The summed E-state index contributed by atoms with van der Waals surface area (Å²) in [4.78, 5) is 14.6. The largest absolute Gasteiger partial charge is 0.293 e. The van der Waals surface area contributed by atoms with Gasteiger partial charge in [-0.15, -0.1) is 0 Å². The van der Waals surface area contributed by atoms with Crippen molar-refractivity contribution in [2.24, 2.45) is 0 Å². The van der Waals surface area contributed by atoms with E-state index in [2.05, 4.69) is 38.7 Å². The Morgan fingerprint density at radius 1 is 1.28 bits per heavy atom. The molecule has 0 aromatic heterocycles. The molecule has 1 aromatic rings. The van der Waals surface area contributed by atoms with E-state index in [0.29, 0.717) is 12.6 Å². The molecule has 18 heavy (non-hydrogen) atoms. The van der Waals surface area contributed by atoms with Crippen LogP contribution in [0.2, 0.25) is 0 Å². The van der Waals surface area contributed by atoms with E-state index >= 15 is 0 Å². The lowest BCUT2D eigenvalue weighted by Crippen LogP contribution is -2.36. The molecule has 0 heterocycles. The minimum Gasteiger partial charge on any atom is -0.293 e. The van der Waals surface area contributed by atoms with Crippen LogP contribution in [0.15, 0.2) is 18.2 Å². The number of benzene rings is 1. The molecule has 0 N–H and O–H groups in total. The van der Waals surface area contributed by atoms with Crippen LogP contribution in [-0.4, -0.2) is 29.8 Å². The third-order valence-electron chi connectivity index (χ3n) is 3.27. The summed E-state index contributed by atoms with van der Waals surface area (Å²) >= 11 is 0. The Morgan fingerprint density at radius 3 is 2.44 bits per heavy atom. The van der Waals surface area contributed by atoms with E-state index < -0.39 is 0 Å². The fourth-order valence-electron chi connectivity index (χ4n) is 2.20. The fourth-order valence-corrected chi connectivity index (χ4v) is 2.20. The number of ketones is 1. The van der Waals surface area contributed by atoms with Crippen molar-refractivity contribution in [3.63, 3.8) is 0 Å². The summed E-state index contributed by atoms with van der Waals surface area (Å²) in [7, 11) is 0. The number of rotatable bonds is 6. The van der Waals surface area contributed by atoms with Crippen molar-refractivity contribution in [3.8, 4) is 0 Å². The molecule has 2 nitrogen and oxygen atoms in total. The maximum Gasteiger partial charge on any atom is 0.177 e. The molecular weight excluding hydrogens is 222 g/mol. The Labute approximate surface area is 111 Å². The number of hydrogen-bond donors (Lipinski definition) is 0. The molecule has 0 spiro atoms. The molecule has 0 amide bonds. The highest BCUT2D eigenvalue weighted by Gasteiger charge is 2.15. The number of carbonyl (C=O) groups is 1. The number of hydrogen-bond acceptors (Lipinski definition) is 2. The molecule has 0 fully saturated rings. The van der Waals surface area contributed by atoms with Gasteiger partial charge >= 0.3 is 0 Å². The lowest BCUT2D eigenvalue weighted by atomic mass is 10.0. The zero-order valence-corrected chi connectivity index (χ0v) is 12.3.